The summed E-state index contributed by atoms with van der Waals surface area (Å²) in [5.74, 6) is 0. The summed E-state index contributed by atoms with van der Waals surface area (Å²) in [6.07, 6.45) is 2.78. The van der Waals surface area contributed by atoms with E-state index in [4.69, 9.17) is 10.5 Å². The van der Waals surface area contributed by atoms with Crippen LogP contribution in [-0.4, -0.2) is 12.6 Å². The van der Waals surface area contributed by atoms with Crippen LogP contribution in [0.1, 0.15) is 13.3 Å². The molecule has 0 spiro atoms. The molecule has 0 radical (unpaired) electrons. The number of rotatable bonds is 1. The van der Waals surface area contributed by atoms with Crippen molar-refractivity contribution in [1.29, 1.82) is 0 Å². The molecule has 1 rings (SSSR count). The van der Waals surface area contributed by atoms with Crippen LogP contribution in [0.5, 0.6) is 0 Å². The zero-order chi connectivity index (χ0) is 5.98. The number of nitrogens with two attached hydrogens (primary N) is 1. The molecule has 0 saturated heterocycles. The first-order valence-corrected chi connectivity index (χ1v) is 2.87. The molecule has 0 saturated carbocycles. The van der Waals surface area contributed by atoms with Crippen molar-refractivity contribution < 1.29 is 4.74 Å². The fraction of sp³-hybridized carbons (Fsp3) is 0.667. The summed E-state index contributed by atoms with van der Waals surface area (Å²) in [4.78, 5) is 0. The van der Waals surface area contributed by atoms with Gasteiger partial charge in [-0.25, -0.2) is 0 Å². The highest BCUT2D eigenvalue weighted by molar-refractivity contribution is 5.08. The van der Waals surface area contributed by atoms with Crippen molar-refractivity contribution in [2.24, 2.45) is 5.73 Å². The fourth-order valence-corrected chi connectivity index (χ4v) is 0.737. The molecule has 0 aliphatic carbocycles. The second-order valence-electron chi connectivity index (χ2n) is 2.10. The van der Waals surface area contributed by atoms with E-state index in [9.17, 15) is 0 Å². The first-order valence-electron chi connectivity index (χ1n) is 2.87. The van der Waals surface area contributed by atoms with Gasteiger partial charge < -0.3 is 10.5 Å². The van der Waals surface area contributed by atoms with Crippen LogP contribution < -0.4 is 5.73 Å². The summed E-state index contributed by atoms with van der Waals surface area (Å²) < 4.78 is 4.98. The highest BCUT2D eigenvalue weighted by Crippen LogP contribution is 2.11. The molecule has 46 valence electrons. The fourth-order valence-electron chi connectivity index (χ4n) is 0.737. The molecule has 8 heavy (non-hydrogen) atoms. The van der Waals surface area contributed by atoms with Crippen LogP contribution in [0.15, 0.2) is 11.8 Å². The van der Waals surface area contributed by atoms with Crippen molar-refractivity contribution in [1.82, 2.24) is 0 Å². The van der Waals surface area contributed by atoms with Gasteiger partial charge in [-0.05, 0) is 12.5 Å². The maximum absolute atomic E-state index is 5.55. The smallest absolute Gasteiger partial charge is 0.0912 e. The van der Waals surface area contributed by atoms with Crippen LogP contribution in [0.3, 0.4) is 0 Å². The van der Waals surface area contributed by atoms with Crippen LogP contribution in [0.2, 0.25) is 0 Å². The van der Waals surface area contributed by atoms with Gasteiger partial charge in [0.05, 0.1) is 12.9 Å². The van der Waals surface area contributed by atoms with E-state index in [2.05, 4.69) is 0 Å². The zero-order valence-corrected chi connectivity index (χ0v) is 5.05. The predicted octanol–water partition coefficient (Wildman–Crippen LogP) is 0.638. The Balaban J connectivity index is 2.45. The van der Waals surface area contributed by atoms with E-state index in [0.29, 0.717) is 0 Å². The molecule has 1 aliphatic heterocycles. The third-order valence-corrected chi connectivity index (χ3v) is 1.33. The van der Waals surface area contributed by atoms with E-state index in [0.717, 1.165) is 13.0 Å². The van der Waals surface area contributed by atoms with Gasteiger partial charge in [0.15, 0.2) is 0 Å². The standard InChI is InChI=1S/C6H11NO/c1-5(7)6-2-3-8-4-6/h4-5H,2-3,7H2,1H3. The molecule has 2 heteroatoms. The average Bonchev–Trinajstić information content (AvgIpc) is 2.12. The number of ether oxygens (including phenoxy) is 1. The quantitative estimate of drug-likeness (QED) is 0.541. The van der Waals surface area contributed by atoms with Crippen LogP contribution in [-0.2, 0) is 4.74 Å². The van der Waals surface area contributed by atoms with Crippen molar-refractivity contribution in [3.8, 4) is 0 Å². The van der Waals surface area contributed by atoms with Gasteiger partial charge in [-0.15, -0.1) is 0 Å². The largest absolute Gasteiger partial charge is 0.501 e. The minimum absolute atomic E-state index is 0.178. The van der Waals surface area contributed by atoms with Gasteiger partial charge in [0.1, 0.15) is 0 Å². The lowest BCUT2D eigenvalue weighted by molar-refractivity contribution is 0.281. The van der Waals surface area contributed by atoms with Crippen LogP contribution in [0.4, 0.5) is 0 Å². The third kappa shape index (κ3) is 1.01. The van der Waals surface area contributed by atoms with E-state index >= 15 is 0 Å². The zero-order valence-electron chi connectivity index (χ0n) is 5.05. The minimum atomic E-state index is 0.178. The Kier molecular flexibility index (Phi) is 1.53. The normalized spacial score (nSPS) is 22.0. The third-order valence-electron chi connectivity index (χ3n) is 1.33. The lowest BCUT2D eigenvalue weighted by Crippen LogP contribution is -2.16. The van der Waals surface area contributed by atoms with Gasteiger partial charge in [-0.3, -0.25) is 0 Å². The topological polar surface area (TPSA) is 35.2 Å². The molecule has 1 aliphatic rings. The SMILES string of the molecule is CC(N)C1=COCC1. The Hall–Kier alpha value is -0.500. The summed E-state index contributed by atoms with van der Waals surface area (Å²) in [5.41, 5.74) is 6.78. The molecule has 0 aromatic rings. The molecule has 0 amide bonds. The van der Waals surface area contributed by atoms with E-state index in [-0.39, 0.29) is 6.04 Å². The van der Waals surface area contributed by atoms with Crippen molar-refractivity contribution >= 4 is 0 Å². The molecule has 1 atom stereocenters. The molecule has 2 nitrogen and oxygen atoms in total. The highest BCUT2D eigenvalue weighted by atomic mass is 16.5. The van der Waals surface area contributed by atoms with E-state index in [1.54, 1.807) is 6.26 Å². The monoisotopic (exact) mass is 113 g/mol. The highest BCUT2D eigenvalue weighted by Gasteiger charge is 2.08. The molecule has 0 bridgehead atoms. The molecule has 0 aromatic heterocycles. The van der Waals surface area contributed by atoms with Crippen molar-refractivity contribution in [3.05, 3.63) is 11.8 Å². The van der Waals surface area contributed by atoms with Gasteiger partial charge in [-0.2, -0.15) is 0 Å². The Morgan fingerprint density at radius 3 is 2.88 bits per heavy atom. The van der Waals surface area contributed by atoms with Crippen molar-refractivity contribution in [2.45, 2.75) is 19.4 Å². The first kappa shape index (κ1) is 5.63. The molecule has 1 heterocycles. The number of hydrogen-bond acceptors (Lipinski definition) is 2. The Bertz CT molecular complexity index is 107. The molecular weight excluding hydrogens is 102 g/mol. The Labute approximate surface area is 49.3 Å². The maximum Gasteiger partial charge on any atom is 0.0912 e. The van der Waals surface area contributed by atoms with Crippen molar-refractivity contribution in [2.75, 3.05) is 6.61 Å². The Morgan fingerprint density at radius 1 is 1.88 bits per heavy atom. The van der Waals surface area contributed by atoms with Gasteiger partial charge in [0.2, 0.25) is 0 Å². The first-order chi connectivity index (χ1) is 3.80. The van der Waals surface area contributed by atoms with E-state index in [1.165, 1.54) is 5.57 Å². The summed E-state index contributed by atoms with van der Waals surface area (Å²) in [5, 5.41) is 0. The number of hydrogen-bond donors (Lipinski definition) is 1. The van der Waals surface area contributed by atoms with Crippen LogP contribution in [0.25, 0.3) is 0 Å². The van der Waals surface area contributed by atoms with Crippen LogP contribution >= 0.6 is 0 Å². The second-order valence-corrected chi connectivity index (χ2v) is 2.10. The average molecular weight is 113 g/mol. The van der Waals surface area contributed by atoms with Gasteiger partial charge in [-0.1, -0.05) is 0 Å². The summed E-state index contributed by atoms with van der Waals surface area (Å²) in [6, 6.07) is 0.178. The molecule has 2 N–H and O–H groups in total. The van der Waals surface area contributed by atoms with Gasteiger partial charge >= 0.3 is 0 Å². The summed E-state index contributed by atoms with van der Waals surface area (Å²) >= 11 is 0. The molecule has 1 unspecified atom stereocenters. The van der Waals surface area contributed by atoms with Crippen molar-refractivity contribution in [3.63, 3.8) is 0 Å². The van der Waals surface area contributed by atoms with Crippen LogP contribution in [0, 0.1) is 0 Å². The van der Waals surface area contributed by atoms with E-state index < -0.39 is 0 Å². The van der Waals surface area contributed by atoms with Gasteiger partial charge in [0, 0.05) is 12.5 Å². The van der Waals surface area contributed by atoms with E-state index in [1.807, 2.05) is 6.92 Å². The summed E-state index contributed by atoms with van der Waals surface area (Å²) in [6.45, 7) is 2.79. The lowest BCUT2D eigenvalue weighted by Gasteiger charge is -2.00. The molecule has 0 fully saturated rings. The predicted molar refractivity (Wildman–Crippen MR) is 32.3 cm³/mol. The minimum Gasteiger partial charge on any atom is -0.501 e. The maximum atomic E-state index is 5.55. The molecule has 0 aromatic carbocycles. The molecular formula is C6H11NO. The van der Waals surface area contributed by atoms with Gasteiger partial charge in [0.25, 0.3) is 0 Å². The summed E-state index contributed by atoms with van der Waals surface area (Å²) in [7, 11) is 0. The lowest BCUT2D eigenvalue weighted by atomic mass is 10.1. The Morgan fingerprint density at radius 2 is 2.62 bits per heavy atom. The second kappa shape index (κ2) is 2.18.